The quantitative estimate of drug-likeness (QED) is 0.677. The van der Waals surface area contributed by atoms with Crippen LogP contribution in [0, 0.1) is 0 Å². The number of carbonyl (C=O) groups excluding carboxylic acids is 2. The third-order valence-corrected chi connectivity index (χ3v) is 3.46. The maximum atomic E-state index is 12.5. The second-order valence-electron chi connectivity index (χ2n) is 5.41. The van der Waals surface area contributed by atoms with E-state index in [9.17, 15) is 9.59 Å². The molecule has 114 valence electrons. The zero-order valence-electron chi connectivity index (χ0n) is 12.7. The highest BCUT2D eigenvalue weighted by atomic mass is 16.5. The first-order valence-corrected chi connectivity index (χ1v) is 6.87. The van der Waals surface area contributed by atoms with Crippen LogP contribution >= 0.6 is 0 Å². The van der Waals surface area contributed by atoms with E-state index in [1.54, 1.807) is 45.9 Å². The van der Waals surface area contributed by atoms with E-state index in [1.807, 2.05) is 0 Å². The van der Waals surface area contributed by atoms with Crippen LogP contribution in [0.4, 0.5) is 11.4 Å². The average Bonchev–Trinajstić information content (AvgIpc) is 2.41. The maximum absolute atomic E-state index is 12.5. The van der Waals surface area contributed by atoms with Crippen molar-refractivity contribution in [1.29, 1.82) is 0 Å². The number of nitrogen functional groups attached to an aromatic ring is 1. The predicted octanol–water partition coefficient (Wildman–Crippen LogP) is 1.72. The number of amides is 1. The first-order valence-electron chi connectivity index (χ1n) is 6.87. The number of para-hydroxylation sites is 1. The Morgan fingerprint density at radius 3 is 2.76 bits per heavy atom. The molecule has 0 bridgehead atoms. The molecule has 21 heavy (non-hydrogen) atoms. The Kier molecular flexibility index (Phi) is 3.80. The number of hydrogen-bond acceptors (Lipinski definition) is 5. The molecule has 1 aromatic carbocycles. The van der Waals surface area contributed by atoms with Crippen molar-refractivity contribution in [1.82, 2.24) is 0 Å². The molecule has 0 aliphatic carbocycles. The minimum absolute atomic E-state index is 0.244. The fraction of sp³-hybridized carbons (Fsp3) is 0.467. The van der Waals surface area contributed by atoms with Gasteiger partial charge in [-0.2, -0.15) is 0 Å². The molecule has 2 rings (SSSR count). The van der Waals surface area contributed by atoms with Crippen molar-refractivity contribution >= 4 is 23.3 Å². The molecule has 0 spiro atoms. The monoisotopic (exact) mass is 292 g/mol. The minimum atomic E-state index is -1.17. The van der Waals surface area contributed by atoms with Crippen molar-refractivity contribution in [2.75, 3.05) is 17.2 Å². The molecule has 6 heteroatoms. The normalized spacial score (nSPS) is 18.0. The van der Waals surface area contributed by atoms with Gasteiger partial charge in [-0.05, 0) is 39.8 Å². The number of nitrogens with zero attached hydrogens (tertiary/aromatic N) is 1. The van der Waals surface area contributed by atoms with Gasteiger partial charge < -0.3 is 15.2 Å². The highest BCUT2D eigenvalue weighted by Crippen LogP contribution is 2.42. The minimum Gasteiger partial charge on any atom is -0.479 e. The number of nitrogens with two attached hydrogens (primary N) is 1. The van der Waals surface area contributed by atoms with Crippen LogP contribution in [0.2, 0.25) is 0 Å². The fourth-order valence-corrected chi connectivity index (χ4v) is 2.36. The van der Waals surface area contributed by atoms with Crippen LogP contribution in [-0.2, 0) is 14.3 Å². The lowest BCUT2D eigenvalue weighted by Crippen LogP contribution is -2.59. The van der Waals surface area contributed by atoms with E-state index in [0.717, 1.165) is 0 Å². The molecule has 1 amide bonds. The summed E-state index contributed by atoms with van der Waals surface area (Å²) >= 11 is 0. The molecule has 0 radical (unpaired) electrons. The zero-order chi connectivity index (χ0) is 15.8. The number of hydrogen-bond donors (Lipinski definition) is 1. The summed E-state index contributed by atoms with van der Waals surface area (Å²) in [5.74, 6) is -0.320. The molecule has 1 heterocycles. The molecule has 1 unspecified atom stereocenters. The van der Waals surface area contributed by atoms with E-state index in [2.05, 4.69) is 0 Å². The van der Waals surface area contributed by atoms with Gasteiger partial charge in [0.05, 0.1) is 12.3 Å². The smallest absolute Gasteiger partial charge is 0.331 e. The maximum Gasteiger partial charge on any atom is 0.331 e. The van der Waals surface area contributed by atoms with Crippen LogP contribution in [-0.4, -0.2) is 30.1 Å². The van der Waals surface area contributed by atoms with Crippen molar-refractivity contribution < 1.29 is 19.1 Å². The van der Waals surface area contributed by atoms with Gasteiger partial charge >= 0.3 is 5.97 Å². The number of ether oxygens (including phenoxy) is 2. The summed E-state index contributed by atoms with van der Waals surface area (Å²) in [6, 6.07) is 5.13. The number of benzene rings is 1. The van der Waals surface area contributed by atoms with Crippen molar-refractivity contribution in [3.63, 3.8) is 0 Å². The van der Waals surface area contributed by atoms with Crippen LogP contribution in [0.3, 0.4) is 0 Å². The highest BCUT2D eigenvalue weighted by molar-refractivity contribution is 6.08. The van der Waals surface area contributed by atoms with Crippen LogP contribution < -0.4 is 15.4 Å². The second-order valence-corrected chi connectivity index (χ2v) is 5.41. The summed E-state index contributed by atoms with van der Waals surface area (Å²) in [7, 11) is 0. The van der Waals surface area contributed by atoms with Gasteiger partial charge in [-0.1, -0.05) is 6.07 Å². The zero-order valence-corrected chi connectivity index (χ0v) is 12.7. The third kappa shape index (κ3) is 2.41. The van der Waals surface area contributed by atoms with Crippen molar-refractivity contribution in [2.24, 2.45) is 0 Å². The van der Waals surface area contributed by atoms with Gasteiger partial charge in [0.1, 0.15) is 17.0 Å². The van der Waals surface area contributed by atoms with E-state index < -0.39 is 17.6 Å². The molecular formula is C15H20N2O4. The van der Waals surface area contributed by atoms with Gasteiger partial charge in [0.15, 0.2) is 6.10 Å². The molecule has 6 nitrogen and oxygen atoms in total. The summed E-state index contributed by atoms with van der Waals surface area (Å²) in [4.78, 5) is 26.2. The number of fused-ring (bicyclic) bond motifs is 1. The first kappa shape index (κ1) is 15.2. The van der Waals surface area contributed by atoms with E-state index in [-0.39, 0.29) is 12.5 Å². The Morgan fingerprint density at radius 1 is 1.48 bits per heavy atom. The van der Waals surface area contributed by atoms with Gasteiger partial charge in [0.2, 0.25) is 0 Å². The Morgan fingerprint density at radius 2 is 2.14 bits per heavy atom. The molecule has 0 fully saturated rings. The van der Waals surface area contributed by atoms with Crippen LogP contribution in [0.5, 0.6) is 5.75 Å². The lowest BCUT2D eigenvalue weighted by atomic mass is 9.98. The lowest BCUT2D eigenvalue weighted by Gasteiger charge is -2.42. The molecular weight excluding hydrogens is 272 g/mol. The molecule has 1 aliphatic heterocycles. The van der Waals surface area contributed by atoms with Gasteiger partial charge in [-0.25, -0.2) is 4.79 Å². The van der Waals surface area contributed by atoms with Crippen molar-refractivity contribution in [2.45, 2.75) is 39.3 Å². The summed E-state index contributed by atoms with van der Waals surface area (Å²) in [5.41, 5.74) is 5.61. The molecule has 0 aromatic heterocycles. The van der Waals surface area contributed by atoms with E-state index in [4.69, 9.17) is 15.2 Å². The first-order chi connectivity index (χ1) is 9.80. The van der Waals surface area contributed by atoms with E-state index in [1.165, 1.54) is 4.90 Å². The second kappa shape index (κ2) is 5.27. The van der Waals surface area contributed by atoms with Crippen LogP contribution in [0.1, 0.15) is 27.7 Å². The van der Waals surface area contributed by atoms with Crippen LogP contribution in [0.25, 0.3) is 0 Å². The SMILES string of the molecule is CCOC(=O)C(C)(C)N1C(=O)C(C)Oc2cccc(N)c21. The topological polar surface area (TPSA) is 81.9 Å². The third-order valence-electron chi connectivity index (χ3n) is 3.46. The number of anilines is 2. The van der Waals surface area contributed by atoms with Gasteiger partial charge in [-0.15, -0.1) is 0 Å². The van der Waals surface area contributed by atoms with Crippen LogP contribution in [0.15, 0.2) is 18.2 Å². The van der Waals surface area contributed by atoms with Crippen molar-refractivity contribution in [3.8, 4) is 5.75 Å². The van der Waals surface area contributed by atoms with Crippen molar-refractivity contribution in [3.05, 3.63) is 18.2 Å². The largest absolute Gasteiger partial charge is 0.479 e. The van der Waals surface area contributed by atoms with Gasteiger partial charge in [0.25, 0.3) is 5.91 Å². The molecule has 2 N–H and O–H groups in total. The van der Waals surface area contributed by atoms with E-state index in [0.29, 0.717) is 17.1 Å². The van der Waals surface area contributed by atoms with Gasteiger partial charge in [-0.3, -0.25) is 9.69 Å². The Labute approximate surface area is 123 Å². The molecule has 1 atom stereocenters. The molecule has 1 aromatic rings. The number of esters is 1. The highest BCUT2D eigenvalue weighted by Gasteiger charge is 2.46. The summed E-state index contributed by atoms with van der Waals surface area (Å²) in [6.45, 7) is 6.88. The summed E-state index contributed by atoms with van der Waals surface area (Å²) in [6.07, 6.45) is -0.687. The lowest BCUT2D eigenvalue weighted by molar-refractivity contribution is -0.150. The predicted molar refractivity (Wildman–Crippen MR) is 79.1 cm³/mol. The van der Waals surface area contributed by atoms with Gasteiger partial charge in [0, 0.05) is 0 Å². The number of carbonyl (C=O) groups is 2. The summed E-state index contributed by atoms with van der Waals surface area (Å²) in [5, 5.41) is 0. The fourth-order valence-electron chi connectivity index (χ4n) is 2.36. The average molecular weight is 292 g/mol. The summed E-state index contributed by atoms with van der Waals surface area (Å²) < 4.78 is 10.7. The number of rotatable bonds is 3. The molecule has 0 saturated heterocycles. The Hall–Kier alpha value is -2.24. The molecule has 1 aliphatic rings. The standard InChI is InChI=1S/C15H20N2O4/c1-5-20-14(19)15(3,4)17-12-10(16)7-6-8-11(12)21-9(2)13(17)18/h6-9H,5,16H2,1-4H3. The van der Waals surface area contributed by atoms with E-state index >= 15 is 0 Å². The Bertz CT molecular complexity index is 583. The Balaban J connectivity index is 2.57. The molecule has 0 saturated carbocycles.